The first-order valence-electron chi connectivity index (χ1n) is 19.1. The lowest BCUT2D eigenvalue weighted by molar-refractivity contribution is -0.318. The summed E-state index contributed by atoms with van der Waals surface area (Å²) in [5.41, 5.74) is -4.37. The smallest absolute Gasteiger partial charge is 0.311 e. The molecule has 14 nitrogen and oxygen atoms in total. The highest BCUT2D eigenvalue weighted by Gasteiger charge is 2.52. The number of aliphatic hydroxyl groups is 5. The molecule has 3 rings (SSSR count). The van der Waals surface area contributed by atoms with Gasteiger partial charge in [0.05, 0.1) is 41.5 Å². The SMILES string of the molecule is CCC1OC(=O)[C@H](C)[C@@H](O[C@H]2C[C@@](C)(OC)[C@@H](O)[C@H](C)O2)[C@H](C)[C@@H](O[C@@H]2O[C@H](C)C[C@H](N(C)C)[C@H]2O)[C@](C)(O)C[C@H](C)CN(C)[C@H](C)[C@@H](O)[C@]1(C)O. The van der Waals surface area contributed by atoms with Gasteiger partial charge in [-0.1, -0.05) is 20.8 Å². The topological polar surface area (TPSA) is 180 Å². The summed E-state index contributed by atoms with van der Waals surface area (Å²) in [4.78, 5) is 18.0. The molecule has 0 aliphatic carbocycles. The standard InChI is InChI=1S/C38H72N2O12/c1-15-27-38(10,46)31(42)24(6)40(13)19-20(2)17-36(8,45)33(52-35-29(41)26(39(11)12)16-21(3)48-35)22(4)30(23(5)34(44)50-27)51-28-18-37(9,47-14)32(43)25(7)49-28/h20-33,35,41-43,45-46H,15-19H2,1-14H3/t20-,21+,22-,23+,24+,25-,26-,27?,28-,29+,30-,31+,32-,33+,35-,36+,37+,38+/m0/s1. The van der Waals surface area contributed by atoms with Gasteiger partial charge in [0.15, 0.2) is 12.6 Å². The quantitative estimate of drug-likeness (QED) is 0.238. The Morgan fingerprint density at radius 1 is 0.942 bits per heavy atom. The van der Waals surface area contributed by atoms with Crippen LogP contribution in [0.5, 0.6) is 0 Å². The number of likely N-dealkylation sites (N-methyl/N-ethyl adjacent to an activating group) is 2. The number of rotatable bonds is 7. The minimum absolute atomic E-state index is 0.133. The van der Waals surface area contributed by atoms with E-state index in [1.807, 2.05) is 51.7 Å². The molecule has 306 valence electrons. The number of carbonyl (C=O) groups is 1. The van der Waals surface area contributed by atoms with Crippen molar-refractivity contribution in [1.29, 1.82) is 0 Å². The third kappa shape index (κ3) is 10.0. The van der Waals surface area contributed by atoms with Crippen molar-refractivity contribution < 1.29 is 58.7 Å². The lowest BCUT2D eigenvalue weighted by atomic mass is 9.77. The van der Waals surface area contributed by atoms with Crippen molar-refractivity contribution >= 4 is 5.97 Å². The second-order valence-corrected chi connectivity index (χ2v) is 17.2. The molecule has 0 spiro atoms. The maximum Gasteiger partial charge on any atom is 0.311 e. The normalized spacial score (nSPS) is 49.6. The highest BCUT2D eigenvalue weighted by atomic mass is 16.7. The number of aliphatic hydroxyl groups excluding tert-OH is 3. The van der Waals surface area contributed by atoms with Crippen LogP contribution in [-0.4, -0.2) is 166 Å². The van der Waals surface area contributed by atoms with Crippen molar-refractivity contribution in [1.82, 2.24) is 9.80 Å². The number of esters is 1. The third-order valence-electron chi connectivity index (χ3n) is 12.2. The highest BCUT2D eigenvalue weighted by Crippen LogP contribution is 2.40. The van der Waals surface area contributed by atoms with E-state index in [0.29, 0.717) is 13.0 Å². The summed E-state index contributed by atoms with van der Waals surface area (Å²) in [6.07, 6.45) is -8.19. The van der Waals surface area contributed by atoms with Crippen LogP contribution in [0.2, 0.25) is 0 Å². The molecule has 0 saturated carbocycles. The Labute approximate surface area is 312 Å². The van der Waals surface area contributed by atoms with Crippen molar-refractivity contribution in [2.75, 3.05) is 34.8 Å². The van der Waals surface area contributed by atoms with Gasteiger partial charge in [0.25, 0.3) is 0 Å². The number of nitrogens with zero attached hydrogens (tertiary/aromatic N) is 2. The molecule has 1 unspecified atom stereocenters. The lowest BCUT2D eigenvalue weighted by Crippen LogP contribution is -2.60. The van der Waals surface area contributed by atoms with E-state index < -0.39 is 96.0 Å². The van der Waals surface area contributed by atoms with Gasteiger partial charge in [0.1, 0.15) is 30.0 Å². The molecule has 0 aromatic heterocycles. The molecule has 5 N–H and O–H groups in total. The molecular formula is C38H72N2O12. The van der Waals surface area contributed by atoms with Crippen LogP contribution in [0.25, 0.3) is 0 Å². The number of hydrogen-bond acceptors (Lipinski definition) is 14. The van der Waals surface area contributed by atoms with Crippen molar-refractivity contribution in [3.05, 3.63) is 0 Å². The number of hydrogen-bond donors (Lipinski definition) is 5. The Morgan fingerprint density at radius 3 is 2.12 bits per heavy atom. The fourth-order valence-electron chi connectivity index (χ4n) is 8.74. The molecule has 0 aromatic carbocycles. The van der Waals surface area contributed by atoms with Crippen molar-refractivity contribution in [2.24, 2.45) is 17.8 Å². The van der Waals surface area contributed by atoms with Crippen LogP contribution in [0, 0.1) is 17.8 Å². The van der Waals surface area contributed by atoms with Gasteiger partial charge in [-0.15, -0.1) is 0 Å². The lowest BCUT2D eigenvalue weighted by Gasteiger charge is -2.48. The van der Waals surface area contributed by atoms with Gasteiger partial charge < -0.3 is 63.8 Å². The maximum absolute atomic E-state index is 14.2. The number of cyclic esters (lactones) is 1. The van der Waals surface area contributed by atoms with E-state index in [2.05, 4.69) is 0 Å². The maximum atomic E-state index is 14.2. The Kier molecular flexibility index (Phi) is 15.6. The van der Waals surface area contributed by atoms with Crippen molar-refractivity contribution in [3.63, 3.8) is 0 Å². The van der Waals surface area contributed by atoms with Gasteiger partial charge in [0.2, 0.25) is 0 Å². The predicted molar refractivity (Wildman–Crippen MR) is 194 cm³/mol. The molecule has 3 saturated heterocycles. The van der Waals surface area contributed by atoms with E-state index in [4.69, 9.17) is 28.4 Å². The van der Waals surface area contributed by atoms with Crippen LogP contribution in [0.3, 0.4) is 0 Å². The molecule has 0 aromatic rings. The Hall–Kier alpha value is -1.01. The molecule has 0 bridgehead atoms. The second-order valence-electron chi connectivity index (χ2n) is 17.2. The van der Waals surface area contributed by atoms with Crippen LogP contribution in [0.15, 0.2) is 0 Å². The fraction of sp³-hybridized carbons (Fsp3) is 0.974. The van der Waals surface area contributed by atoms with Gasteiger partial charge in [-0.2, -0.15) is 0 Å². The summed E-state index contributed by atoms with van der Waals surface area (Å²) in [7, 11) is 7.12. The van der Waals surface area contributed by atoms with Gasteiger partial charge >= 0.3 is 5.97 Å². The molecule has 3 fully saturated rings. The molecule has 18 atom stereocenters. The number of methoxy groups -OCH3 is 1. The van der Waals surface area contributed by atoms with Crippen molar-refractivity contribution in [2.45, 2.75) is 185 Å². The van der Waals surface area contributed by atoms with Gasteiger partial charge in [0, 0.05) is 38.1 Å². The summed E-state index contributed by atoms with van der Waals surface area (Å²) >= 11 is 0. The van der Waals surface area contributed by atoms with Crippen molar-refractivity contribution in [3.8, 4) is 0 Å². The predicted octanol–water partition coefficient (Wildman–Crippen LogP) is 1.90. The molecule has 52 heavy (non-hydrogen) atoms. The highest BCUT2D eigenvalue weighted by molar-refractivity contribution is 5.73. The summed E-state index contributed by atoms with van der Waals surface area (Å²) in [6.45, 7) is 18.0. The Morgan fingerprint density at radius 2 is 1.56 bits per heavy atom. The van der Waals surface area contributed by atoms with Gasteiger partial charge in [-0.25, -0.2) is 0 Å². The summed E-state index contributed by atoms with van der Waals surface area (Å²) in [6, 6.07) is -0.808. The van der Waals surface area contributed by atoms with E-state index in [1.54, 1.807) is 41.5 Å². The van der Waals surface area contributed by atoms with E-state index >= 15 is 0 Å². The minimum Gasteiger partial charge on any atom is -0.459 e. The average molecular weight is 749 g/mol. The summed E-state index contributed by atoms with van der Waals surface area (Å²) in [5.74, 6) is -2.58. The zero-order chi connectivity index (χ0) is 39.7. The fourth-order valence-corrected chi connectivity index (χ4v) is 8.74. The van der Waals surface area contributed by atoms with E-state index in [9.17, 15) is 30.3 Å². The van der Waals surface area contributed by atoms with Gasteiger partial charge in [-0.05, 0) is 94.8 Å². The number of ether oxygens (including phenoxy) is 6. The van der Waals surface area contributed by atoms with Crippen LogP contribution in [0.4, 0.5) is 0 Å². The molecule has 3 aliphatic heterocycles. The van der Waals surface area contributed by atoms with Gasteiger partial charge in [-0.3, -0.25) is 4.79 Å². The van der Waals surface area contributed by atoms with Crippen LogP contribution < -0.4 is 0 Å². The molecule has 0 radical (unpaired) electrons. The second kappa shape index (κ2) is 17.8. The molecule has 0 amide bonds. The Balaban J connectivity index is 2.17. The Bertz CT molecular complexity index is 1140. The van der Waals surface area contributed by atoms with E-state index in [0.717, 1.165) is 0 Å². The molecule has 14 heteroatoms. The summed E-state index contributed by atoms with van der Waals surface area (Å²) < 4.78 is 37.5. The van der Waals surface area contributed by atoms with Crippen LogP contribution in [0.1, 0.15) is 94.9 Å². The van der Waals surface area contributed by atoms with Crippen LogP contribution >= 0.6 is 0 Å². The van der Waals surface area contributed by atoms with Crippen LogP contribution in [-0.2, 0) is 33.2 Å². The van der Waals surface area contributed by atoms with E-state index in [-0.39, 0.29) is 37.3 Å². The molecular weight excluding hydrogens is 676 g/mol. The van der Waals surface area contributed by atoms with E-state index in [1.165, 1.54) is 14.0 Å². The largest absolute Gasteiger partial charge is 0.459 e. The molecule has 3 aliphatic rings. The minimum atomic E-state index is -1.80. The first-order chi connectivity index (χ1) is 23.9. The first-order valence-corrected chi connectivity index (χ1v) is 19.1. The number of carbonyl (C=O) groups excluding carboxylic acids is 1. The first kappa shape index (κ1) is 45.4. The third-order valence-corrected chi connectivity index (χ3v) is 12.2. The average Bonchev–Trinajstić information content (AvgIpc) is 3.05. The zero-order valence-corrected chi connectivity index (χ0v) is 34.2. The molecule has 3 heterocycles. The monoisotopic (exact) mass is 749 g/mol. The zero-order valence-electron chi connectivity index (χ0n) is 34.2. The summed E-state index contributed by atoms with van der Waals surface area (Å²) in [5, 5.41) is 58.1.